The first-order valence-electron chi connectivity index (χ1n) is 9.11. The average molecular weight is 390 g/mol. The molecule has 2 unspecified atom stereocenters. The van der Waals surface area contributed by atoms with Crippen LogP contribution in [0.1, 0.15) is 66.7 Å². The van der Waals surface area contributed by atoms with Crippen molar-refractivity contribution in [1.82, 2.24) is 5.32 Å². The number of amides is 2. The van der Waals surface area contributed by atoms with Gasteiger partial charge in [-0.15, -0.1) is 0 Å². The number of carbonyl (C=O) groups is 3. The van der Waals surface area contributed by atoms with Gasteiger partial charge in [0, 0.05) is 5.57 Å². The Morgan fingerprint density at radius 3 is 2.30 bits per heavy atom. The summed E-state index contributed by atoms with van der Waals surface area (Å²) >= 11 is 0. The number of carbonyl (C=O) groups excluding carboxylic acids is 3. The monoisotopic (exact) mass is 390 g/mol. The molecule has 148 valence electrons. The summed E-state index contributed by atoms with van der Waals surface area (Å²) in [4.78, 5) is 37.8. The molecular weight excluding hydrogens is 359 g/mol. The SMILES string of the molecule is C=C(C)C(=O)OCCCC.CCCC(C)C1(CC)C(=O)N=C([O-])NC1=O.[Na+]. The van der Waals surface area contributed by atoms with E-state index in [1.165, 1.54) is 0 Å². The third-order valence-electron chi connectivity index (χ3n) is 4.41. The van der Waals surface area contributed by atoms with Crippen molar-refractivity contribution in [3.05, 3.63) is 12.2 Å². The Morgan fingerprint density at radius 2 is 1.89 bits per heavy atom. The molecule has 0 bridgehead atoms. The number of amidine groups is 1. The fraction of sp³-hybridized carbons (Fsp3) is 0.684. The summed E-state index contributed by atoms with van der Waals surface area (Å²) in [5, 5.41) is 13.1. The van der Waals surface area contributed by atoms with Crippen molar-refractivity contribution in [3.8, 4) is 0 Å². The van der Waals surface area contributed by atoms with Gasteiger partial charge in [0.25, 0.3) is 5.91 Å². The predicted octanol–water partition coefficient (Wildman–Crippen LogP) is -0.898. The van der Waals surface area contributed by atoms with Gasteiger partial charge in [0.2, 0.25) is 5.91 Å². The number of unbranched alkanes of at least 4 members (excludes halogenated alkanes) is 1. The molecule has 27 heavy (non-hydrogen) atoms. The summed E-state index contributed by atoms with van der Waals surface area (Å²) in [6.45, 7) is 13.3. The first-order chi connectivity index (χ1) is 12.2. The molecule has 1 aliphatic heterocycles. The molecule has 0 saturated heterocycles. The molecule has 1 aliphatic rings. The largest absolute Gasteiger partial charge is 1.00 e. The summed E-state index contributed by atoms with van der Waals surface area (Å²) in [6, 6.07) is -0.845. The van der Waals surface area contributed by atoms with E-state index >= 15 is 0 Å². The van der Waals surface area contributed by atoms with Crippen molar-refractivity contribution < 1.29 is 53.8 Å². The van der Waals surface area contributed by atoms with Gasteiger partial charge >= 0.3 is 35.5 Å². The van der Waals surface area contributed by atoms with Crippen molar-refractivity contribution in [2.75, 3.05) is 6.61 Å². The zero-order valence-corrected chi connectivity index (χ0v) is 19.5. The molecular formula is C19H31N2NaO5. The first kappa shape index (κ1) is 28.0. The van der Waals surface area contributed by atoms with Gasteiger partial charge in [-0.3, -0.25) is 9.59 Å². The van der Waals surface area contributed by atoms with E-state index < -0.39 is 23.3 Å². The third kappa shape index (κ3) is 8.15. The van der Waals surface area contributed by atoms with Crippen molar-refractivity contribution in [3.63, 3.8) is 0 Å². The molecule has 0 aromatic carbocycles. The second-order valence-corrected chi connectivity index (χ2v) is 6.46. The van der Waals surface area contributed by atoms with Crippen molar-refractivity contribution >= 4 is 23.8 Å². The zero-order valence-electron chi connectivity index (χ0n) is 17.5. The molecule has 1 rings (SSSR count). The Morgan fingerprint density at radius 1 is 1.30 bits per heavy atom. The Labute approximate surface area is 184 Å². The predicted molar refractivity (Wildman–Crippen MR) is 98.1 cm³/mol. The average Bonchev–Trinajstić information content (AvgIpc) is 2.55. The number of nitrogens with zero attached hydrogens (tertiary/aromatic N) is 1. The maximum absolute atomic E-state index is 11.9. The Bertz CT molecular complexity index is 562. The van der Waals surface area contributed by atoms with Gasteiger partial charge in [0.1, 0.15) is 5.41 Å². The second kappa shape index (κ2) is 13.9. The number of esters is 1. The molecule has 8 heteroatoms. The molecule has 1 heterocycles. The quantitative estimate of drug-likeness (QED) is 0.190. The number of rotatable bonds is 8. The van der Waals surface area contributed by atoms with Crippen LogP contribution in [0.5, 0.6) is 0 Å². The van der Waals surface area contributed by atoms with Gasteiger partial charge in [0.05, 0.1) is 12.6 Å². The smallest absolute Gasteiger partial charge is 0.846 e. The molecule has 7 nitrogen and oxygen atoms in total. The van der Waals surface area contributed by atoms with Crippen LogP contribution in [0.3, 0.4) is 0 Å². The number of hydrogen-bond acceptors (Lipinski definition) is 5. The van der Waals surface area contributed by atoms with E-state index in [4.69, 9.17) is 4.74 Å². The van der Waals surface area contributed by atoms with E-state index in [9.17, 15) is 19.5 Å². The molecule has 0 spiro atoms. The van der Waals surface area contributed by atoms with Crippen LogP contribution in [-0.2, 0) is 19.1 Å². The van der Waals surface area contributed by atoms with Gasteiger partial charge in [-0.25, -0.2) is 9.79 Å². The number of aliphatic imine (C=N–C) groups is 1. The second-order valence-electron chi connectivity index (χ2n) is 6.46. The molecule has 2 amide bonds. The minimum atomic E-state index is -1.15. The van der Waals surface area contributed by atoms with E-state index in [0.717, 1.165) is 25.7 Å². The van der Waals surface area contributed by atoms with E-state index in [0.29, 0.717) is 18.6 Å². The minimum absolute atomic E-state index is 0. The van der Waals surface area contributed by atoms with Crippen LogP contribution in [0.2, 0.25) is 0 Å². The Kier molecular flexibility index (Phi) is 14.4. The summed E-state index contributed by atoms with van der Waals surface area (Å²) in [5.41, 5.74) is -0.680. The Hall–Kier alpha value is -1.18. The molecule has 0 aromatic rings. The molecule has 0 fully saturated rings. The molecule has 1 N–H and O–H groups in total. The van der Waals surface area contributed by atoms with Crippen LogP contribution in [0, 0.1) is 11.3 Å². The summed E-state index contributed by atoms with van der Waals surface area (Å²) in [5.74, 6) is -1.48. The standard InChI is InChI=1S/C11H18N2O3.C8H14O2.Na/c1-4-6-7(3)11(5-2)8(14)12-10(16)13-9(11)15;1-4-5-6-10-8(9)7(2)3;/h7H,4-6H2,1-3H3,(H2,12,13,14,15,16);2,4-6H2,1,3H3;/q;;+1/p-1. The van der Waals surface area contributed by atoms with Crippen LogP contribution in [0.25, 0.3) is 0 Å². The summed E-state index contributed by atoms with van der Waals surface area (Å²) in [7, 11) is 0. The molecule has 0 saturated carbocycles. The summed E-state index contributed by atoms with van der Waals surface area (Å²) in [6.07, 6.45) is 3.99. The number of hydrogen-bond donors (Lipinski definition) is 1. The van der Waals surface area contributed by atoms with Gasteiger partial charge in [-0.1, -0.05) is 47.1 Å². The Balaban J connectivity index is 0. The number of ether oxygens (including phenoxy) is 1. The van der Waals surface area contributed by atoms with Gasteiger partial charge in [0.15, 0.2) is 0 Å². The van der Waals surface area contributed by atoms with E-state index in [2.05, 4.69) is 23.8 Å². The first-order valence-corrected chi connectivity index (χ1v) is 9.11. The van der Waals surface area contributed by atoms with Crippen LogP contribution in [-0.4, -0.2) is 30.4 Å². The van der Waals surface area contributed by atoms with Crippen LogP contribution >= 0.6 is 0 Å². The summed E-state index contributed by atoms with van der Waals surface area (Å²) < 4.78 is 4.81. The normalized spacial score (nSPS) is 19.5. The minimum Gasteiger partial charge on any atom is -0.846 e. The molecule has 2 atom stereocenters. The molecule has 0 aliphatic carbocycles. The van der Waals surface area contributed by atoms with E-state index in [-0.39, 0.29) is 41.4 Å². The molecule has 0 aromatic heterocycles. The van der Waals surface area contributed by atoms with Crippen molar-refractivity contribution in [1.29, 1.82) is 0 Å². The third-order valence-corrected chi connectivity index (χ3v) is 4.41. The van der Waals surface area contributed by atoms with Crippen LogP contribution in [0.15, 0.2) is 17.1 Å². The topological polar surface area (TPSA) is 108 Å². The van der Waals surface area contributed by atoms with Crippen LogP contribution in [0.4, 0.5) is 0 Å². The van der Waals surface area contributed by atoms with Crippen molar-refractivity contribution in [2.45, 2.75) is 66.7 Å². The molecule has 0 radical (unpaired) electrons. The maximum atomic E-state index is 11.9. The van der Waals surface area contributed by atoms with Gasteiger partial charge in [-0.05, 0) is 32.1 Å². The van der Waals surface area contributed by atoms with Gasteiger partial charge in [-0.2, -0.15) is 0 Å². The van der Waals surface area contributed by atoms with E-state index in [1.54, 1.807) is 13.8 Å². The maximum Gasteiger partial charge on any atom is 1.00 e. The van der Waals surface area contributed by atoms with Gasteiger partial charge < -0.3 is 15.2 Å². The van der Waals surface area contributed by atoms with Crippen molar-refractivity contribution in [2.24, 2.45) is 16.3 Å². The van der Waals surface area contributed by atoms with Crippen LogP contribution < -0.4 is 40.0 Å². The number of nitrogens with one attached hydrogen (secondary N) is 1. The fourth-order valence-electron chi connectivity index (χ4n) is 2.73. The fourth-order valence-corrected chi connectivity index (χ4v) is 2.73. The zero-order chi connectivity index (χ0) is 20.3. The van der Waals surface area contributed by atoms with E-state index in [1.807, 2.05) is 13.8 Å².